The fourth-order valence-corrected chi connectivity index (χ4v) is 9.06. The Morgan fingerprint density at radius 2 is 0.797 bits per heavy atom. The lowest BCUT2D eigenvalue weighted by Crippen LogP contribution is -2.37. The second kappa shape index (κ2) is 52.8. The predicted octanol–water partition coefficient (Wildman–Crippen LogP) is 18.6. The number of quaternary nitrogens is 1. The molecule has 69 heavy (non-hydrogen) atoms. The summed E-state index contributed by atoms with van der Waals surface area (Å²) in [6, 6.07) is 0. The number of esters is 1. The molecule has 0 amide bonds. The molecule has 2 atom stereocenters. The van der Waals surface area contributed by atoms with Crippen molar-refractivity contribution in [2.24, 2.45) is 0 Å². The van der Waals surface area contributed by atoms with Crippen molar-refractivity contribution >= 4 is 13.8 Å². The number of nitrogens with zero attached hydrogens (tertiary/aromatic N) is 1. The number of hydrogen-bond donors (Lipinski definition) is 1. The molecule has 0 fully saturated rings. The SMILES string of the molecule is CCCCCCC/C=C\C/C=C\C/C=C\CCCCCCCCCCCCC(=O)OC(COCCCCCCCCCCCC/C=C\CCCCCCCCCC)COP(=O)(O)OCC[N+](C)(C)C. The lowest BCUT2D eigenvalue weighted by Gasteiger charge is -2.24. The Balaban J connectivity index is 4.08. The summed E-state index contributed by atoms with van der Waals surface area (Å²) in [5, 5.41) is 0. The minimum atomic E-state index is -4.29. The number of allylic oxidation sites excluding steroid dienone is 8. The van der Waals surface area contributed by atoms with Crippen LogP contribution in [0.5, 0.6) is 0 Å². The second-order valence-corrected chi connectivity index (χ2v) is 22.5. The van der Waals surface area contributed by atoms with E-state index in [1.165, 1.54) is 205 Å². The van der Waals surface area contributed by atoms with Gasteiger partial charge in [-0.25, -0.2) is 4.57 Å². The van der Waals surface area contributed by atoms with E-state index in [1.807, 2.05) is 21.1 Å². The monoisotopic (exact) mass is 993 g/mol. The third kappa shape index (κ3) is 57.2. The van der Waals surface area contributed by atoms with E-state index in [1.54, 1.807) is 0 Å². The van der Waals surface area contributed by atoms with Crippen LogP contribution in [0, 0.1) is 0 Å². The van der Waals surface area contributed by atoms with Crippen LogP contribution in [0.25, 0.3) is 0 Å². The van der Waals surface area contributed by atoms with Crippen LogP contribution in [-0.2, 0) is 27.9 Å². The van der Waals surface area contributed by atoms with Gasteiger partial charge in [0.25, 0.3) is 0 Å². The van der Waals surface area contributed by atoms with Gasteiger partial charge in [0, 0.05) is 13.0 Å². The Morgan fingerprint density at radius 3 is 1.20 bits per heavy atom. The third-order valence-corrected chi connectivity index (χ3v) is 13.8. The maximum Gasteiger partial charge on any atom is 0.472 e. The van der Waals surface area contributed by atoms with Crippen molar-refractivity contribution in [2.75, 3.05) is 54.1 Å². The van der Waals surface area contributed by atoms with Crippen molar-refractivity contribution < 1.29 is 37.3 Å². The number of carbonyl (C=O) groups is 1. The van der Waals surface area contributed by atoms with E-state index in [2.05, 4.69) is 62.5 Å². The zero-order valence-corrected chi connectivity index (χ0v) is 47.2. The van der Waals surface area contributed by atoms with Crippen molar-refractivity contribution in [3.63, 3.8) is 0 Å². The van der Waals surface area contributed by atoms with Crippen molar-refractivity contribution in [3.8, 4) is 0 Å². The van der Waals surface area contributed by atoms with Crippen LogP contribution in [0.4, 0.5) is 0 Å². The van der Waals surface area contributed by atoms with E-state index in [0.717, 1.165) is 44.9 Å². The maximum absolute atomic E-state index is 12.8. The molecule has 0 aliphatic rings. The molecule has 0 saturated carbocycles. The summed E-state index contributed by atoms with van der Waals surface area (Å²) in [7, 11) is 1.67. The van der Waals surface area contributed by atoms with E-state index in [4.69, 9.17) is 18.5 Å². The first-order chi connectivity index (χ1) is 33.6. The third-order valence-electron chi connectivity index (χ3n) is 12.9. The Hall–Kier alpha value is -1.54. The van der Waals surface area contributed by atoms with E-state index >= 15 is 0 Å². The average Bonchev–Trinajstić information content (AvgIpc) is 3.31. The number of likely N-dealkylation sites (N-methyl/N-ethyl adjacent to an activating group) is 1. The molecule has 0 aliphatic carbocycles. The largest absolute Gasteiger partial charge is 0.472 e. The van der Waals surface area contributed by atoms with Crippen molar-refractivity contribution in [2.45, 2.75) is 277 Å². The van der Waals surface area contributed by atoms with Crippen LogP contribution < -0.4 is 0 Å². The molecule has 406 valence electrons. The number of carbonyl (C=O) groups excluding carboxylic acids is 1. The predicted molar refractivity (Wildman–Crippen MR) is 298 cm³/mol. The van der Waals surface area contributed by atoms with Crippen molar-refractivity contribution in [1.29, 1.82) is 0 Å². The molecule has 0 saturated heterocycles. The molecule has 0 aromatic rings. The Morgan fingerprint density at radius 1 is 0.449 bits per heavy atom. The summed E-state index contributed by atoms with van der Waals surface area (Å²) in [6.07, 6.45) is 67.4. The highest BCUT2D eigenvalue weighted by Crippen LogP contribution is 2.43. The van der Waals surface area contributed by atoms with E-state index in [9.17, 15) is 14.3 Å². The summed E-state index contributed by atoms with van der Waals surface area (Å²) in [5.41, 5.74) is 0. The molecule has 0 aromatic carbocycles. The number of rotatable bonds is 55. The number of phosphoric ester groups is 1. The van der Waals surface area contributed by atoms with Crippen LogP contribution in [-0.4, -0.2) is 75.6 Å². The highest BCUT2D eigenvalue weighted by Gasteiger charge is 2.26. The van der Waals surface area contributed by atoms with Gasteiger partial charge in [0.15, 0.2) is 0 Å². The van der Waals surface area contributed by atoms with Gasteiger partial charge >= 0.3 is 13.8 Å². The number of phosphoric acid groups is 1. The van der Waals surface area contributed by atoms with Crippen LogP contribution >= 0.6 is 7.82 Å². The molecular formula is C60H115NO7P+. The summed E-state index contributed by atoms with van der Waals surface area (Å²) < 4.78 is 35.3. The van der Waals surface area contributed by atoms with Gasteiger partial charge in [-0.15, -0.1) is 0 Å². The van der Waals surface area contributed by atoms with Gasteiger partial charge < -0.3 is 18.9 Å². The molecule has 0 aliphatic heterocycles. The van der Waals surface area contributed by atoms with Crippen LogP contribution in [0.1, 0.15) is 271 Å². The summed E-state index contributed by atoms with van der Waals surface area (Å²) >= 11 is 0. The molecular weight excluding hydrogens is 878 g/mol. The number of unbranched alkanes of at least 4 members (excludes halogenated alkanes) is 33. The normalized spacial score (nSPS) is 13.8. The molecule has 0 bridgehead atoms. The van der Waals surface area contributed by atoms with E-state index in [-0.39, 0.29) is 25.8 Å². The minimum Gasteiger partial charge on any atom is -0.457 e. The van der Waals surface area contributed by atoms with Crippen LogP contribution in [0.2, 0.25) is 0 Å². The lowest BCUT2D eigenvalue weighted by atomic mass is 10.0. The minimum absolute atomic E-state index is 0.0872. The molecule has 0 radical (unpaired) electrons. The molecule has 0 aromatic heterocycles. The van der Waals surface area contributed by atoms with Crippen molar-refractivity contribution in [1.82, 2.24) is 0 Å². The lowest BCUT2D eigenvalue weighted by molar-refractivity contribution is -0.870. The average molecular weight is 994 g/mol. The topological polar surface area (TPSA) is 91.3 Å². The highest BCUT2D eigenvalue weighted by molar-refractivity contribution is 7.47. The number of ether oxygens (including phenoxy) is 2. The zero-order chi connectivity index (χ0) is 50.5. The van der Waals surface area contributed by atoms with E-state index in [0.29, 0.717) is 24.1 Å². The van der Waals surface area contributed by atoms with Gasteiger partial charge in [-0.1, -0.05) is 236 Å². The van der Waals surface area contributed by atoms with Crippen molar-refractivity contribution in [3.05, 3.63) is 48.6 Å². The van der Waals surface area contributed by atoms with Gasteiger partial charge in [0.2, 0.25) is 0 Å². The van der Waals surface area contributed by atoms with Gasteiger partial charge in [0.05, 0.1) is 34.4 Å². The fourth-order valence-electron chi connectivity index (χ4n) is 8.32. The highest BCUT2D eigenvalue weighted by atomic mass is 31.2. The van der Waals surface area contributed by atoms with Crippen LogP contribution in [0.3, 0.4) is 0 Å². The fraction of sp³-hybridized carbons (Fsp3) is 0.850. The molecule has 0 heterocycles. The summed E-state index contributed by atoms with van der Waals surface area (Å²) in [4.78, 5) is 23.1. The first-order valence-electron chi connectivity index (χ1n) is 29.4. The van der Waals surface area contributed by atoms with Gasteiger partial charge in [0.1, 0.15) is 19.3 Å². The molecule has 1 N–H and O–H groups in total. The number of hydrogen-bond acceptors (Lipinski definition) is 6. The molecule has 0 spiro atoms. The maximum atomic E-state index is 12.8. The standard InChI is InChI=1S/C60H114NO7P/c1-6-8-10-12-14-16-18-20-22-24-26-28-30-31-32-33-35-37-39-41-43-45-47-49-51-53-60(62)68-59(58-67-69(63,64)66-56-54-61(3,4)5)57-65-55-52-50-48-46-44-42-40-38-36-34-29-27-25-23-21-19-17-15-13-11-9-7-2/h18,20,24-27,30-31,59H,6-17,19,21-23,28-29,32-58H2,1-5H3/p+1/b20-18-,26-24-,27-25-,31-30-. The molecule has 0 rings (SSSR count). The summed E-state index contributed by atoms with van der Waals surface area (Å²) in [5.74, 6) is -0.315. The Kier molecular flexibility index (Phi) is 51.6. The Labute approximate surface area is 428 Å². The van der Waals surface area contributed by atoms with Gasteiger partial charge in [-0.2, -0.15) is 0 Å². The second-order valence-electron chi connectivity index (χ2n) is 21.0. The zero-order valence-electron chi connectivity index (χ0n) is 46.3. The first-order valence-corrected chi connectivity index (χ1v) is 30.9. The quantitative estimate of drug-likeness (QED) is 0.0213. The molecule has 2 unspecified atom stereocenters. The molecule has 8 nitrogen and oxygen atoms in total. The van der Waals surface area contributed by atoms with Crippen LogP contribution in [0.15, 0.2) is 48.6 Å². The Bertz CT molecular complexity index is 1240. The summed E-state index contributed by atoms with van der Waals surface area (Å²) in [6.45, 7) is 5.64. The van der Waals surface area contributed by atoms with Gasteiger partial charge in [-0.05, 0) is 77.0 Å². The van der Waals surface area contributed by atoms with E-state index < -0.39 is 13.9 Å². The first kappa shape index (κ1) is 67.5. The van der Waals surface area contributed by atoms with Gasteiger partial charge in [-0.3, -0.25) is 13.8 Å². The molecule has 9 heteroatoms. The smallest absolute Gasteiger partial charge is 0.457 e.